The summed E-state index contributed by atoms with van der Waals surface area (Å²) in [6, 6.07) is 15.6. The maximum atomic E-state index is 11.7. The Hall–Kier alpha value is -3.55. The third-order valence-corrected chi connectivity index (χ3v) is 4.47. The van der Waals surface area contributed by atoms with Crippen LogP contribution in [0.2, 0.25) is 0 Å². The van der Waals surface area contributed by atoms with Gasteiger partial charge in [0.1, 0.15) is 17.2 Å². The van der Waals surface area contributed by atoms with E-state index >= 15 is 0 Å². The lowest BCUT2D eigenvalue weighted by molar-refractivity contribution is -0.150. The van der Waals surface area contributed by atoms with Crippen molar-refractivity contribution in [3.8, 4) is 17.2 Å². The second-order valence-corrected chi connectivity index (χ2v) is 6.84. The average Bonchev–Trinajstić information content (AvgIpc) is 3.25. The van der Waals surface area contributed by atoms with Crippen molar-refractivity contribution in [2.24, 2.45) is 0 Å². The molecule has 3 amide bonds. The van der Waals surface area contributed by atoms with Crippen LogP contribution < -0.4 is 20.1 Å². The number of nitrogens with one attached hydrogen (secondary N) is 2. The lowest BCUT2D eigenvalue weighted by Gasteiger charge is -2.12. The largest absolute Gasteiger partial charge is 0.482 e. The standard InChI is InChI=1S/C22H24N2O6/c25-20(24-22(27)23-16-6-4-5-7-16)14-29-21(26)15-28-17-10-12-19(13-11-17)30-18-8-2-1-3-9-18/h1-3,8-13,16H,4-7,14-15H2,(H2,23,24,25,27). The maximum absolute atomic E-state index is 11.7. The monoisotopic (exact) mass is 412 g/mol. The third kappa shape index (κ3) is 7.12. The molecule has 0 spiro atoms. The van der Waals surface area contributed by atoms with Gasteiger partial charge >= 0.3 is 12.0 Å². The van der Waals surface area contributed by atoms with Crippen LogP contribution in [0.1, 0.15) is 25.7 Å². The van der Waals surface area contributed by atoms with Crippen molar-refractivity contribution in [2.75, 3.05) is 13.2 Å². The van der Waals surface area contributed by atoms with Crippen LogP contribution in [0, 0.1) is 0 Å². The minimum atomic E-state index is -0.717. The minimum absolute atomic E-state index is 0.0956. The molecule has 0 atom stereocenters. The summed E-state index contributed by atoms with van der Waals surface area (Å²) in [4.78, 5) is 35.1. The normalized spacial score (nSPS) is 13.3. The van der Waals surface area contributed by atoms with E-state index in [9.17, 15) is 14.4 Å². The molecule has 0 saturated heterocycles. The molecule has 1 saturated carbocycles. The highest BCUT2D eigenvalue weighted by molar-refractivity contribution is 5.95. The fourth-order valence-electron chi connectivity index (χ4n) is 3.01. The molecule has 3 rings (SSSR count). The van der Waals surface area contributed by atoms with E-state index < -0.39 is 24.5 Å². The summed E-state index contributed by atoms with van der Waals surface area (Å²) in [5.41, 5.74) is 0. The Kier molecular flexibility index (Phi) is 7.65. The first-order valence-electron chi connectivity index (χ1n) is 9.80. The first-order valence-corrected chi connectivity index (χ1v) is 9.80. The lowest BCUT2D eigenvalue weighted by Crippen LogP contribution is -2.45. The van der Waals surface area contributed by atoms with E-state index in [1.54, 1.807) is 24.3 Å². The number of hydrogen-bond donors (Lipinski definition) is 2. The highest BCUT2D eigenvalue weighted by atomic mass is 16.6. The van der Waals surface area contributed by atoms with Crippen molar-refractivity contribution in [3.63, 3.8) is 0 Å². The topological polar surface area (TPSA) is 103 Å². The molecule has 0 unspecified atom stereocenters. The number of rotatable bonds is 8. The number of imide groups is 1. The van der Waals surface area contributed by atoms with Gasteiger partial charge in [-0.1, -0.05) is 31.0 Å². The number of amides is 3. The van der Waals surface area contributed by atoms with E-state index in [1.807, 2.05) is 30.3 Å². The number of urea groups is 1. The Balaban J connectivity index is 1.33. The first kappa shape index (κ1) is 21.2. The zero-order chi connectivity index (χ0) is 21.2. The van der Waals surface area contributed by atoms with Crippen LogP contribution in [0.5, 0.6) is 17.2 Å². The van der Waals surface area contributed by atoms with Gasteiger partial charge in [0.15, 0.2) is 13.2 Å². The highest BCUT2D eigenvalue weighted by Gasteiger charge is 2.18. The molecule has 30 heavy (non-hydrogen) atoms. The molecule has 0 bridgehead atoms. The second-order valence-electron chi connectivity index (χ2n) is 6.84. The van der Waals surface area contributed by atoms with Crippen LogP contribution in [0.3, 0.4) is 0 Å². The predicted molar refractivity (Wildman–Crippen MR) is 108 cm³/mol. The van der Waals surface area contributed by atoms with E-state index in [0.29, 0.717) is 17.2 Å². The fraction of sp³-hybridized carbons (Fsp3) is 0.318. The van der Waals surface area contributed by atoms with Gasteiger partial charge in [-0.15, -0.1) is 0 Å². The van der Waals surface area contributed by atoms with Gasteiger partial charge in [-0.25, -0.2) is 9.59 Å². The Morgan fingerprint density at radius 2 is 1.47 bits per heavy atom. The smallest absolute Gasteiger partial charge is 0.344 e. The van der Waals surface area contributed by atoms with Crippen molar-refractivity contribution >= 4 is 17.9 Å². The summed E-state index contributed by atoms with van der Waals surface area (Å²) < 4.78 is 15.8. The molecule has 8 heteroatoms. The molecular weight excluding hydrogens is 388 g/mol. The zero-order valence-corrected chi connectivity index (χ0v) is 16.5. The van der Waals surface area contributed by atoms with Crippen molar-refractivity contribution < 1.29 is 28.6 Å². The van der Waals surface area contributed by atoms with Gasteiger partial charge in [-0.2, -0.15) is 0 Å². The van der Waals surface area contributed by atoms with Gasteiger partial charge in [0, 0.05) is 6.04 Å². The van der Waals surface area contributed by atoms with Gasteiger partial charge in [-0.05, 0) is 49.2 Å². The predicted octanol–water partition coefficient (Wildman–Crippen LogP) is 3.17. The average molecular weight is 412 g/mol. The van der Waals surface area contributed by atoms with Crippen LogP contribution in [0.15, 0.2) is 54.6 Å². The Morgan fingerprint density at radius 1 is 0.833 bits per heavy atom. The third-order valence-electron chi connectivity index (χ3n) is 4.47. The number of carbonyl (C=O) groups excluding carboxylic acids is 3. The molecule has 2 aromatic rings. The highest BCUT2D eigenvalue weighted by Crippen LogP contribution is 2.23. The Bertz CT molecular complexity index is 848. The molecule has 1 fully saturated rings. The molecule has 0 aromatic heterocycles. The second kappa shape index (κ2) is 10.8. The minimum Gasteiger partial charge on any atom is -0.482 e. The van der Waals surface area contributed by atoms with Gasteiger partial charge < -0.3 is 19.5 Å². The van der Waals surface area contributed by atoms with Crippen LogP contribution in [-0.2, 0) is 14.3 Å². The van der Waals surface area contributed by atoms with E-state index in [2.05, 4.69) is 10.6 Å². The summed E-state index contributed by atoms with van der Waals surface area (Å²) in [5.74, 6) is 0.383. The summed E-state index contributed by atoms with van der Waals surface area (Å²) in [7, 11) is 0. The Labute approximate surface area is 174 Å². The van der Waals surface area contributed by atoms with Crippen LogP contribution in [0.25, 0.3) is 0 Å². The number of benzene rings is 2. The number of ether oxygens (including phenoxy) is 3. The van der Waals surface area contributed by atoms with Crippen LogP contribution in [0.4, 0.5) is 4.79 Å². The van der Waals surface area contributed by atoms with E-state index in [1.165, 1.54) is 0 Å². The van der Waals surface area contributed by atoms with E-state index in [4.69, 9.17) is 14.2 Å². The zero-order valence-electron chi connectivity index (χ0n) is 16.5. The van der Waals surface area contributed by atoms with Gasteiger partial charge in [0.05, 0.1) is 0 Å². The molecule has 0 aliphatic heterocycles. The number of carbonyl (C=O) groups is 3. The molecule has 158 valence electrons. The molecule has 8 nitrogen and oxygen atoms in total. The van der Waals surface area contributed by atoms with Crippen LogP contribution >= 0.6 is 0 Å². The molecule has 1 aliphatic carbocycles. The van der Waals surface area contributed by atoms with Crippen molar-refractivity contribution in [2.45, 2.75) is 31.7 Å². The molecule has 2 aromatic carbocycles. The summed E-state index contributed by atoms with van der Waals surface area (Å²) in [6.07, 6.45) is 3.96. The van der Waals surface area contributed by atoms with Crippen molar-refractivity contribution in [1.29, 1.82) is 0 Å². The van der Waals surface area contributed by atoms with Crippen LogP contribution in [-0.4, -0.2) is 37.2 Å². The quantitative estimate of drug-likeness (QED) is 0.646. The Morgan fingerprint density at radius 3 is 2.17 bits per heavy atom. The van der Waals surface area contributed by atoms with Gasteiger partial charge in [-0.3, -0.25) is 10.1 Å². The lowest BCUT2D eigenvalue weighted by atomic mass is 10.2. The first-order chi connectivity index (χ1) is 14.6. The van der Waals surface area contributed by atoms with Crippen molar-refractivity contribution in [1.82, 2.24) is 10.6 Å². The molecule has 1 aliphatic rings. The van der Waals surface area contributed by atoms with Crippen molar-refractivity contribution in [3.05, 3.63) is 54.6 Å². The van der Waals surface area contributed by atoms with E-state index in [-0.39, 0.29) is 12.6 Å². The molecule has 2 N–H and O–H groups in total. The number of esters is 1. The maximum Gasteiger partial charge on any atom is 0.344 e. The summed E-state index contributed by atoms with van der Waals surface area (Å²) in [6.45, 7) is -0.912. The van der Waals surface area contributed by atoms with Gasteiger partial charge in [0.25, 0.3) is 5.91 Å². The summed E-state index contributed by atoms with van der Waals surface area (Å²) in [5, 5.41) is 4.86. The summed E-state index contributed by atoms with van der Waals surface area (Å²) >= 11 is 0. The molecule has 0 heterocycles. The number of hydrogen-bond acceptors (Lipinski definition) is 6. The van der Waals surface area contributed by atoms with E-state index in [0.717, 1.165) is 25.7 Å². The SMILES string of the molecule is O=C(COC(=O)COc1ccc(Oc2ccccc2)cc1)NC(=O)NC1CCCC1. The molecule has 0 radical (unpaired) electrons. The van der Waals surface area contributed by atoms with Gasteiger partial charge in [0.2, 0.25) is 0 Å². The number of para-hydroxylation sites is 1. The molecular formula is C22H24N2O6. The fourth-order valence-corrected chi connectivity index (χ4v) is 3.01.